The van der Waals surface area contributed by atoms with Crippen LogP contribution in [-0.4, -0.2) is 68.9 Å². The predicted octanol–water partition coefficient (Wildman–Crippen LogP) is 5.17. The molecule has 0 unspecified atom stereocenters. The molecule has 0 saturated carbocycles. The van der Waals surface area contributed by atoms with Crippen molar-refractivity contribution in [2.45, 2.75) is 26.9 Å². The fraction of sp³-hybridized carbons (Fsp3) is 0.235. The van der Waals surface area contributed by atoms with Crippen molar-refractivity contribution in [1.82, 2.24) is 28.9 Å². The van der Waals surface area contributed by atoms with Crippen LogP contribution in [0, 0.1) is 19.7 Å². The second kappa shape index (κ2) is 13.8. The Labute approximate surface area is 278 Å². The molecule has 242 valence electrons. The summed E-state index contributed by atoms with van der Waals surface area (Å²) in [7, 11) is 6.73. The molecule has 6 aromatic rings. The van der Waals surface area contributed by atoms with E-state index >= 15 is 0 Å². The van der Waals surface area contributed by atoms with E-state index in [1.54, 1.807) is 64.2 Å². The number of amides is 2. The number of hydrogen-bond acceptors (Lipinski definition) is 8. The molecule has 4 aromatic heterocycles. The van der Waals surface area contributed by atoms with Crippen LogP contribution in [0.5, 0.6) is 0 Å². The van der Waals surface area contributed by atoms with Crippen LogP contribution in [0.1, 0.15) is 41.6 Å². The van der Waals surface area contributed by atoms with Crippen molar-refractivity contribution < 1.29 is 14.0 Å². The van der Waals surface area contributed by atoms with Gasteiger partial charge in [0, 0.05) is 33.8 Å². The van der Waals surface area contributed by atoms with Gasteiger partial charge in [0.25, 0.3) is 22.9 Å². The normalized spacial score (nSPS) is 11.0. The second-order valence-corrected chi connectivity index (χ2v) is 13.3. The summed E-state index contributed by atoms with van der Waals surface area (Å²) in [6.07, 6.45) is 2.95. The fourth-order valence-electron chi connectivity index (χ4n) is 4.95. The van der Waals surface area contributed by atoms with Crippen LogP contribution in [0.25, 0.3) is 20.4 Å². The Morgan fingerprint density at radius 3 is 1.62 bits per heavy atom. The molecule has 47 heavy (non-hydrogen) atoms. The molecule has 13 heteroatoms. The van der Waals surface area contributed by atoms with Crippen molar-refractivity contribution >= 4 is 54.9 Å². The maximum atomic E-state index is 13.8. The molecule has 0 bridgehead atoms. The Kier molecular flexibility index (Phi) is 9.77. The molecule has 0 aliphatic heterocycles. The van der Waals surface area contributed by atoms with Crippen molar-refractivity contribution in [2.24, 2.45) is 0 Å². The third kappa shape index (κ3) is 6.76. The van der Waals surface area contributed by atoms with Gasteiger partial charge in [0.15, 0.2) is 0 Å². The Balaban J connectivity index is 0.000000185. The number of fused-ring (bicyclic) bond motifs is 2. The second-order valence-electron chi connectivity index (χ2n) is 11.3. The van der Waals surface area contributed by atoms with Gasteiger partial charge in [0.2, 0.25) is 0 Å². The first-order valence-corrected chi connectivity index (χ1v) is 16.2. The monoisotopic (exact) mass is 672 g/mol. The molecule has 0 N–H and O–H groups in total. The highest BCUT2D eigenvalue weighted by molar-refractivity contribution is 7.21. The molecule has 0 aliphatic carbocycles. The number of hydrogen-bond donors (Lipinski definition) is 0. The van der Waals surface area contributed by atoms with Gasteiger partial charge in [-0.25, -0.2) is 14.4 Å². The van der Waals surface area contributed by atoms with Crippen LogP contribution in [0.3, 0.4) is 0 Å². The van der Waals surface area contributed by atoms with Gasteiger partial charge < -0.3 is 9.80 Å². The van der Waals surface area contributed by atoms with Crippen molar-refractivity contribution in [1.29, 1.82) is 0 Å². The first-order valence-electron chi connectivity index (χ1n) is 14.6. The molecule has 0 saturated heterocycles. The van der Waals surface area contributed by atoms with E-state index in [1.807, 2.05) is 37.3 Å². The minimum Gasteiger partial charge on any atom is -0.344 e. The summed E-state index contributed by atoms with van der Waals surface area (Å²) in [5.41, 5.74) is 2.41. The minimum absolute atomic E-state index is 0.0977. The molecular formula is C34H33FN6O4S2. The summed E-state index contributed by atoms with van der Waals surface area (Å²) in [4.78, 5) is 63.8. The van der Waals surface area contributed by atoms with E-state index in [0.717, 1.165) is 5.56 Å². The van der Waals surface area contributed by atoms with E-state index in [2.05, 4.69) is 9.97 Å². The highest BCUT2D eigenvalue weighted by Crippen LogP contribution is 2.29. The van der Waals surface area contributed by atoms with Gasteiger partial charge in [-0.3, -0.25) is 28.3 Å². The first kappa shape index (κ1) is 33.4. The standard InChI is InChI=1S/C17H16FN3O2S.C17H17N3O2S/c1-10-13-15(24-14(10)17(23)20(2)3)19-9-21(16(13)22)8-11-6-4-5-7-12(11)18;1-11-13-15(23-14(11)17(22)19(2)3)18-10-20(16(13)21)9-12-7-5-4-6-8-12/h4-7,9H,8H2,1-3H3;4-8,10H,9H2,1-3H3. The maximum absolute atomic E-state index is 13.8. The van der Waals surface area contributed by atoms with Crippen LogP contribution in [0.4, 0.5) is 4.39 Å². The Hall–Kier alpha value is -5.01. The number of thiophene rings is 2. The van der Waals surface area contributed by atoms with Gasteiger partial charge in [-0.2, -0.15) is 0 Å². The van der Waals surface area contributed by atoms with E-state index in [1.165, 1.54) is 49.4 Å². The average Bonchev–Trinajstić information content (AvgIpc) is 3.57. The third-order valence-electron chi connectivity index (χ3n) is 7.53. The molecule has 0 fully saturated rings. The fourth-order valence-corrected chi connectivity index (χ4v) is 7.27. The molecule has 2 aromatic carbocycles. The summed E-state index contributed by atoms with van der Waals surface area (Å²) in [5.74, 6) is -0.620. The Morgan fingerprint density at radius 1 is 0.702 bits per heavy atom. The van der Waals surface area contributed by atoms with Crippen molar-refractivity contribution in [3.8, 4) is 0 Å². The van der Waals surface area contributed by atoms with Gasteiger partial charge in [-0.1, -0.05) is 48.5 Å². The molecule has 0 aliphatic rings. The summed E-state index contributed by atoms with van der Waals surface area (Å²) in [5, 5.41) is 0.961. The topological polar surface area (TPSA) is 110 Å². The van der Waals surface area contributed by atoms with Gasteiger partial charge in [-0.15, -0.1) is 22.7 Å². The van der Waals surface area contributed by atoms with Crippen LogP contribution in [-0.2, 0) is 13.1 Å². The first-order chi connectivity index (χ1) is 22.4. The van der Waals surface area contributed by atoms with Crippen LogP contribution >= 0.6 is 22.7 Å². The van der Waals surface area contributed by atoms with Gasteiger partial charge in [0.1, 0.15) is 15.5 Å². The van der Waals surface area contributed by atoms with Crippen molar-refractivity contribution in [3.63, 3.8) is 0 Å². The van der Waals surface area contributed by atoms with Crippen LogP contribution < -0.4 is 11.1 Å². The van der Waals surface area contributed by atoms with Gasteiger partial charge >= 0.3 is 0 Å². The lowest BCUT2D eigenvalue weighted by Gasteiger charge is -2.08. The number of rotatable bonds is 6. The van der Waals surface area contributed by atoms with Crippen molar-refractivity contribution in [3.05, 3.63) is 126 Å². The van der Waals surface area contributed by atoms with E-state index in [0.29, 0.717) is 53.4 Å². The lowest BCUT2D eigenvalue weighted by atomic mass is 10.2. The zero-order valence-corrected chi connectivity index (χ0v) is 28.4. The highest BCUT2D eigenvalue weighted by Gasteiger charge is 2.22. The number of benzene rings is 2. The minimum atomic E-state index is -0.366. The van der Waals surface area contributed by atoms with E-state index < -0.39 is 0 Å². The molecule has 0 atom stereocenters. The maximum Gasteiger partial charge on any atom is 0.263 e. The lowest BCUT2D eigenvalue weighted by molar-refractivity contribution is 0.0824. The highest BCUT2D eigenvalue weighted by atomic mass is 32.1. The number of aromatic nitrogens is 4. The van der Waals surface area contributed by atoms with Crippen LogP contribution in [0.15, 0.2) is 76.8 Å². The zero-order chi connectivity index (χ0) is 34.0. The van der Waals surface area contributed by atoms with Gasteiger partial charge in [0.05, 0.1) is 46.3 Å². The van der Waals surface area contributed by atoms with Gasteiger partial charge in [-0.05, 0) is 36.6 Å². The summed E-state index contributed by atoms with van der Waals surface area (Å²) in [6, 6.07) is 16.1. The molecular weight excluding hydrogens is 640 g/mol. The number of nitrogens with zero attached hydrogens (tertiary/aromatic N) is 6. The van der Waals surface area contributed by atoms with E-state index in [9.17, 15) is 23.6 Å². The Morgan fingerprint density at radius 2 is 1.15 bits per heavy atom. The molecule has 2 amide bonds. The predicted molar refractivity (Wildman–Crippen MR) is 184 cm³/mol. The van der Waals surface area contributed by atoms with Crippen molar-refractivity contribution in [2.75, 3.05) is 28.2 Å². The zero-order valence-electron chi connectivity index (χ0n) is 26.8. The largest absolute Gasteiger partial charge is 0.344 e. The smallest absolute Gasteiger partial charge is 0.263 e. The third-order valence-corrected chi connectivity index (χ3v) is 9.91. The lowest BCUT2D eigenvalue weighted by Crippen LogP contribution is -2.23. The molecule has 6 rings (SSSR count). The quantitative estimate of drug-likeness (QED) is 0.242. The number of carbonyl (C=O) groups is 2. The number of halogens is 1. The Bertz CT molecular complexity index is 2240. The SMILES string of the molecule is Cc1c(C(=O)N(C)C)sc2ncn(Cc3ccccc3)c(=O)c12.Cc1c(C(=O)N(C)C)sc2ncn(Cc3ccccc3F)c(=O)c12. The molecule has 0 spiro atoms. The molecule has 0 radical (unpaired) electrons. The van der Waals surface area contributed by atoms with E-state index in [-0.39, 0.29) is 35.3 Å². The van der Waals surface area contributed by atoms with E-state index in [4.69, 9.17) is 0 Å². The number of aryl methyl sites for hydroxylation is 2. The summed E-state index contributed by atoms with van der Waals surface area (Å²) in [6.45, 7) is 4.12. The number of carbonyl (C=O) groups excluding carboxylic acids is 2. The van der Waals surface area contributed by atoms with Crippen LogP contribution in [0.2, 0.25) is 0 Å². The molecule has 10 nitrogen and oxygen atoms in total. The average molecular weight is 673 g/mol. The summed E-state index contributed by atoms with van der Waals surface area (Å²) >= 11 is 2.48. The molecule has 4 heterocycles. The summed E-state index contributed by atoms with van der Waals surface area (Å²) < 4.78 is 16.8.